The van der Waals surface area contributed by atoms with Crippen molar-refractivity contribution in [2.45, 2.75) is 18.7 Å². The average molecular weight is 452 g/mol. The minimum absolute atomic E-state index is 0.0460. The lowest BCUT2D eigenvalue weighted by Gasteiger charge is -2.14. The molecule has 0 aliphatic rings. The van der Waals surface area contributed by atoms with E-state index in [1.807, 2.05) is 32.0 Å². The van der Waals surface area contributed by atoms with Crippen LogP contribution in [0.2, 0.25) is 0 Å². The van der Waals surface area contributed by atoms with Crippen molar-refractivity contribution >= 4 is 32.7 Å². The summed E-state index contributed by atoms with van der Waals surface area (Å²) in [6, 6.07) is 13.5. The molecule has 3 N–H and O–H groups in total. The number of anilines is 2. The molecule has 0 saturated carbocycles. The van der Waals surface area contributed by atoms with Gasteiger partial charge in [0.2, 0.25) is 16.0 Å². The Kier molecular flexibility index (Phi) is 5.41. The number of primary sulfonamides is 1. The van der Waals surface area contributed by atoms with Crippen LogP contribution in [0, 0.1) is 13.8 Å². The number of benzene rings is 2. The molecule has 2 aromatic carbocycles. The van der Waals surface area contributed by atoms with Crippen LogP contribution >= 0.6 is 0 Å². The summed E-state index contributed by atoms with van der Waals surface area (Å²) in [5.74, 6) is 0.161. The number of nitrogens with zero attached hydrogens (tertiary/aromatic N) is 3. The number of nitrogens with two attached hydrogens (primary N) is 1. The zero-order valence-electron chi connectivity index (χ0n) is 17.7. The van der Waals surface area contributed by atoms with Crippen LogP contribution in [0.15, 0.2) is 64.4 Å². The Hall–Kier alpha value is -3.76. The van der Waals surface area contributed by atoms with E-state index in [2.05, 4.69) is 15.3 Å². The van der Waals surface area contributed by atoms with E-state index in [0.717, 1.165) is 21.4 Å². The lowest BCUT2D eigenvalue weighted by molar-refractivity contribution is 0.168. The summed E-state index contributed by atoms with van der Waals surface area (Å²) >= 11 is 0. The summed E-state index contributed by atoms with van der Waals surface area (Å²) in [5.41, 5.74) is 3.61. The maximum atomic E-state index is 13.2. The van der Waals surface area contributed by atoms with Gasteiger partial charge in [0.25, 0.3) is 5.56 Å². The van der Waals surface area contributed by atoms with Gasteiger partial charge in [0.05, 0.1) is 10.5 Å². The monoisotopic (exact) mass is 451 g/mol. The van der Waals surface area contributed by atoms with Crippen LogP contribution in [0.25, 0.3) is 22.2 Å². The fourth-order valence-corrected chi connectivity index (χ4v) is 4.16. The smallest absolute Gasteiger partial charge is 0.292 e. The van der Waals surface area contributed by atoms with E-state index in [1.165, 1.54) is 19.2 Å². The first-order valence-corrected chi connectivity index (χ1v) is 11.2. The van der Waals surface area contributed by atoms with Crippen molar-refractivity contribution in [3.05, 3.63) is 76.2 Å². The quantitative estimate of drug-likeness (QED) is 0.477. The molecule has 4 rings (SSSR count). The summed E-state index contributed by atoms with van der Waals surface area (Å²) < 4.78 is 24.3. The highest BCUT2D eigenvalue weighted by molar-refractivity contribution is 7.89. The maximum Gasteiger partial charge on any atom is 0.292 e. The molecule has 0 bridgehead atoms. The van der Waals surface area contributed by atoms with Crippen molar-refractivity contribution < 1.29 is 13.3 Å². The molecule has 2 heterocycles. The van der Waals surface area contributed by atoms with Gasteiger partial charge in [-0.25, -0.2) is 18.5 Å². The van der Waals surface area contributed by atoms with E-state index >= 15 is 0 Å². The molecule has 32 heavy (non-hydrogen) atoms. The highest BCUT2D eigenvalue weighted by Crippen LogP contribution is 2.27. The van der Waals surface area contributed by atoms with Crippen molar-refractivity contribution in [1.82, 2.24) is 14.7 Å². The number of fused-ring (bicyclic) bond motifs is 1. The lowest BCUT2D eigenvalue weighted by Crippen LogP contribution is -2.27. The molecular formula is C22H21N5O4S. The molecule has 0 unspecified atom stereocenters. The summed E-state index contributed by atoms with van der Waals surface area (Å²) in [6.07, 6.45) is 1.57. The van der Waals surface area contributed by atoms with E-state index in [9.17, 15) is 13.2 Å². The van der Waals surface area contributed by atoms with Crippen LogP contribution in [0.5, 0.6) is 0 Å². The minimum Gasteiger partial charge on any atom is -0.412 e. The van der Waals surface area contributed by atoms with Gasteiger partial charge in [0, 0.05) is 17.3 Å². The van der Waals surface area contributed by atoms with E-state index < -0.39 is 10.0 Å². The molecule has 0 amide bonds. The number of nitrogens with one attached hydrogen (secondary N) is 1. The molecule has 4 aromatic rings. The second kappa shape index (κ2) is 8.06. The van der Waals surface area contributed by atoms with Crippen molar-refractivity contribution in [3.63, 3.8) is 0 Å². The van der Waals surface area contributed by atoms with Gasteiger partial charge in [-0.05, 0) is 54.8 Å². The van der Waals surface area contributed by atoms with E-state index in [-0.39, 0.29) is 22.1 Å². The zero-order chi connectivity index (χ0) is 23.0. The standard InChI is InChI=1S/C22H21N5O4S/c1-13-6-4-7-14(2)19(13)18-10-15-12-24-22(26-20(15)27(31-3)21(18)28)25-16-8-5-9-17(11-16)32(23,29)30/h4-12H,1-3H3,(H2,23,29,30)(H,24,25,26). The highest BCUT2D eigenvalue weighted by Gasteiger charge is 2.17. The average Bonchev–Trinajstić information content (AvgIpc) is 2.74. The second-order valence-corrected chi connectivity index (χ2v) is 8.84. The third-order valence-electron chi connectivity index (χ3n) is 5.05. The Bertz CT molecular complexity index is 1490. The van der Waals surface area contributed by atoms with Crippen molar-refractivity contribution in [3.8, 4) is 11.1 Å². The molecule has 0 radical (unpaired) electrons. The number of hydrogen-bond donors (Lipinski definition) is 2. The van der Waals surface area contributed by atoms with Crippen LogP contribution in [0.1, 0.15) is 11.1 Å². The SMILES string of the molecule is COn1c(=O)c(-c2c(C)cccc2C)cc2cnc(Nc3cccc(S(N)(=O)=O)c3)nc21. The van der Waals surface area contributed by atoms with Gasteiger partial charge in [0.15, 0.2) is 5.65 Å². The number of pyridine rings is 1. The van der Waals surface area contributed by atoms with Gasteiger partial charge in [-0.2, -0.15) is 4.98 Å². The Morgan fingerprint density at radius 3 is 2.41 bits per heavy atom. The zero-order valence-corrected chi connectivity index (χ0v) is 18.5. The van der Waals surface area contributed by atoms with Gasteiger partial charge in [-0.1, -0.05) is 24.3 Å². The summed E-state index contributed by atoms with van der Waals surface area (Å²) in [5, 5.41) is 8.73. The molecule has 9 nitrogen and oxygen atoms in total. The molecule has 0 aliphatic heterocycles. The molecule has 0 spiro atoms. The molecule has 0 fully saturated rings. The predicted octanol–water partition coefficient (Wildman–Crippen LogP) is 2.52. The van der Waals surface area contributed by atoms with Crippen LogP contribution in [-0.4, -0.2) is 30.2 Å². The van der Waals surface area contributed by atoms with E-state index in [1.54, 1.807) is 24.4 Å². The molecule has 164 valence electrons. The second-order valence-electron chi connectivity index (χ2n) is 7.28. The fraction of sp³-hybridized carbons (Fsp3) is 0.136. The van der Waals surface area contributed by atoms with Crippen molar-refractivity contribution in [1.29, 1.82) is 0 Å². The Morgan fingerprint density at radius 2 is 1.75 bits per heavy atom. The minimum atomic E-state index is -3.85. The third kappa shape index (κ3) is 3.93. The van der Waals surface area contributed by atoms with Gasteiger partial charge in [-0.3, -0.25) is 4.79 Å². The Labute approximate surface area is 184 Å². The largest absolute Gasteiger partial charge is 0.412 e. The maximum absolute atomic E-state index is 13.2. The highest BCUT2D eigenvalue weighted by atomic mass is 32.2. The molecular weight excluding hydrogens is 430 g/mol. The van der Waals surface area contributed by atoms with Crippen LogP contribution < -0.4 is 20.9 Å². The van der Waals surface area contributed by atoms with Crippen LogP contribution in [-0.2, 0) is 10.0 Å². The summed E-state index contributed by atoms with van der Waals surface area (Å²) in [7, 11) is -2.46. The first-order chi connectivity index (χ1) is 15.2. The van der Waals surface area contributed by atoms with Crippen LogP contribution in [0.4, 0.5) is 11.6 Å². The summed E-state index contributed by atoms with van der Waals surface area (Å²) in [4.78, 5) is 27.2. The van der Waals surface area contributed by atoms with Crippen molar-refractivity contribution in [2.75, 3.05) is 12.4 Å². The van der Waals surface area contributed by atoms with Crippen molar-refractivity contribution in [2.24, 2.45) is 5.14 Å². The predicted molar refractivity (Wildman–Crippen MR) is 122 cm³/mol. The normalized spacial score (nSPS) is 11.5. The molecule has 0 aliphatic carbocycles. The number of sulfonamides is 1. The first kappa shape index (κ1) is 21.5. The first-order valence-electron chi connectivity index (χ1n) is 9.63. The molecule has 0 atom stereocenters. The Morgan fingerprint density at radius 1 is 1.06 bits per heavy atom. The van der Waals surface area contributed by atoms with Crippen LogP contribution in [0.3, 0.4) is 0 Å². The van der Waals surface area contributed by atoms with Gasteiger partial charge in [0.1, 0.15) is 7.11 Å². The van der Waals surface area contributed by atoms with E-state index in [0.29, 0.717) is 16.6 Å². The fourth-order valence-electron chi connectivity index (χ4n) is 3.60. The number of hydrogen-bond acceptors (Lipinski definition) is 7. The lowest BCUT2D eigenvalue weighted by atomic mass is 9.96. The van der Waals surface area contributed by atoms with Gasteiger partial charge in [-0.15, -0.1) is 4.73 Å². The molecule has 0 saturated heterocycles. The topological polar surface area (TPSA) is 129 Å². The third-order valence-corrected chi connectivity index (χ3v) is 5.97. The number of aryl methyl sites for hydroxylation is 2. The van der Waals surface area contributed by atoms with E-state index in [4.69, 9.17) is 9.98 Å². The number of aromatic nitrogens is 3. The van der Waals surface area contributed by atoms with Gasteiger partial charge < -0.3 is 10.2 Å². The summed E-state index contributed by atoms with van der Waals surface area (Å²) in [6.45, 7) is 3.89. The molecule has 2 aromatic heterocycles. The number of rotatable bonds is 5. The van der Waals surface area contributed by atoms with Gasteiger partial charge >= 0.3 is 0 Å². The Balaban J connectivity index is 1.83. The molecule has 10 heteroatoms.